The van der Waals surface area contributed by atoms with Gasteiger partial charge in [-0.2, -0.15) is 4.72 Å². The first-order chi connectivity index (χ1) is 19.0. The number of hydrogen-bond donors (Lipinski definition) is 5. The third kappa shape index (κ3) is 10.3. The fourth-order valence-corrected chi connectivity index (χ4v) is 6.51. The SMILES string of the molecule is CC1CNc2c(cccc2S(=O)(=O)N[C@@H](CCCN=C(N)N)C(=O)N2CCC(CCOC(=O)CC(=O)O)CC2)C1.Cl. The molecule has 0 bridgehead atoms. The summed E-state index contributed by atoms with van der Waals surface area (Å²) in [6, 6.07) is 4.17. The van der Waals surface area contributed by atoms with Crippen molar-refractivity contribution in [2.75, 3.05) is 38.1 Å². The highest BCUT2D eigenvalue weighted by molar-refractivity contribution is 7.89. The van der Waals surface area contributed by atoms with Gasteiger partial charge in [0.05, 0.1) is 12.3 Å². The molecule has 230 valence electrons. The molecule has 0 aliphatic carbocycles. The molecule has 1 aromatic rings. The van der Waals surface area contributed by atoms with Crippen LogP contribution in [0, 0.1) is 11.8 Å². The van der Waals surface area contributed by atoms with Crippen LogP contribution in [0.4, 0.5) is 5.69 Å². The zero-order valence-corrected chi connectivity index (χ0v) is 24.8. The molecule has 1 aromatic carbocycles. The highest BCUT2D eigenvalue weighted by Crippen LogP contribution is 2.31. The van der Waals surface area contributed by atoms with Gasteiger partial charge in [-0.3, -0.25) is 19.4 Å². The number of esters is 1. The molecule has 13 nitrogen and oxygen atoms in total. The first-order valence-corrected chi connectivity index (χ1v) is 15.0. The van der Waals surface area contributed by atoms with Gasteiger partial charge in [0, 0.05) is 26.2 Å². The van der Waals surface area contributed by atoms with Crippen molar-refractivity contribution in [3.05, 3.63) is 23.8 Å². The number of ether oxygens (including phenoxy) is 1. The van der Waals surface area contributed by atoms with E-state index in [1.165, 1.54) is 0 Å². The van der Waals surface area contributed by atoms with E-state index in [1.807, 2.05) is 6.07 Å². The predicted molar refractivity (Wildman–Crippen MR) is 156 cm³/mol. The Balaban J connectivity index is 0.00000588. The third-order valence-electron chi connectivity index (χ3n) is 7.15. The quantitative estimate of drug-likeness (QED) is 0.0700. The highest BCUT2D eigenvalue weighted by Gasteiger charge is 2.33. The lowest BCUT2D eigenvalue weighted by Gasteiger charge is -2.34. The van der Waals surface area contributed by atoms with Gasteiger partial charge in [0.25, 0.3) is 0 Å². The molecule has 1 saturated heterocycles. The van der Waals surface area contributed by atoms with E-state index >= 15 is 0 Å². The number of likely N-dealkylation sites (tertiary alicyclic amines) is 1. The lowest BCUT2D eigenvalue weighted by molar-refractivity contribution is -0.151. The molecule has 15 heteroatoms. The summed E-state index contributed by atoms with van der Waals surface area (Å²) in [5, 5.41) is 11.9. The molecule has 41 heavy (non-hydrogen) atoms. The number of para-hydroxylation sites is 1. The first kappa shape index (κ1) is 34.1. The van der Waals surface area contributed by atoms with Crippen molar-refractivity contribution < 1.29 is 32.6 Å². The number of carboxylic acid groups (broad SMARTS) is 1. The van der Waals surface area contributed by atoms with Crippen LogP contribution in [0.2, 0.25) is 0 Å². The number of aliphatic carboxylic acids is 1. The van der Waals surface area contributed by atoms with Crippen LogP contribution >= 0.6 is 12.4 Å². The van der Waals surface area contributed by atoms with E-state index < -0.39 is 34.4 Å². The average Bonchev–Trinajstić information content (AvgIpc) is 2.89. The molecule has 1 unspecified atom stereocenters. The molecule has 0 spiro atoms. The maximum atomic E-state index is 13.6. The van der Waals surface area contributed by atoms with Crippen molar-refractivity contribution in [1.82, 2.24) is 9.62 Å². The normalized spacial score (nSPS) is 17.8. The summed E-state index contributed by atoms with van der Waals surface area (Å²) < 4.78 is 34.7. The summed E-state index contributed by atoms with van der Waals surface area (Å²) in [6.07, 6.45) is 2.58. The van der Waals surface area contributed by atoms with Crippen LogP contribution in [-0.4, -0.2) is 81.1 Å². The van der Waals surface area contributed by atoms with Gasteiger partial charge in [-0.15, -0.1) is 12.4 Å². The second kappa shape index (κ2) is 15.8. The largest absolute Gasteiger partial charge is 0.481 e. The summed E-state index contributed by atoms with van der Waals surface area (Å²) in [5.41, 5.74) is 12.3. The second-order valence-electron chi connectivity index (χ2n) is 10.5. The van der Waals surface area contributed by atoms with E-state index in [1.54, 1.807) is 17.0 Å². The molecule has 2 aliphatic rings. The average molecular weight is 617 g/mol. The topological polar surface area (TPSA) is 207 Å². The van der Waals surface area contributed by atoms with Gasteiger partial charge in [0.1, 0.15) is 17.4 Å². The number of anilines is 1. The Labute approximate surface area is 246 Å². The fraction of sp³-hybridized carbons (Fsp3) is 0.615. The molecule has 2 aliphatic heterocycles. The molecular formula is C26H41ClN6O7S. The molecule has 2 atom stereocenters. The number of carbonyl (C=O) groups is 3. The Morgan fingerprint density at radius 2 is 1.95 bits per heavy atom. The minimum absolute atomic E-state index is 0. The number of carboxylic acids is 1. The lowest BCUT2D eigenvalue weighted by Crippen LogP contribution is -2.50. The van der Waals surface area contributed by atoms with Gasteiger partial charge in [-0.05, 0) is 62.0 Å². The monoisotopic (exact) mass is 616 g/mol. The first-order valence-electron chi connectivity index (χ1n) is 13.6. The number of benzene rings is 1. The van der Waals surface area contributed by atoms with Crippen molar-refractivity contribution in [1.29, 1.82) is 0 Å². The molecule has 7 N–H and O–H groups in total. The summed E-state index contributed by atoms with van der Waals surface area (Å²) in [5.74, 6) is -1.83. The molecule has 2 heterocycles. The number of nitrogens with zero attached hydrogens (tertiary/aromatic N) is 2. The summed E-state index contributed by atoms with van der Waals surface area (Å²) in [4.78, 5) is 41.3. The molecule has 0 saturated carbocycles. The third-order valence-corrected chi connectivity index (χ3v) is 8.66. The Morgan fingerprint density at radius 1 is 1.24 bits per heavy atom. The number of piperidine rings is 1. The van der Waals surface area contributed by atoms with Crippen molar-refractivity contribution in [3.8, 4) is 0 Å². The van der Waals surface area contributed by atoms with Gasteiger partial charge in [0.15, 0.2) is 5.96 Å². The van der Waals surface area contributed by atoms with Crippen molar-refractivity contribution >= 4 is 51.9 Å². The number of rotatable bonds is 13. The zero-order chi connectivity index (χ0) is 29.3. The minimum atomic E-state index is -4.03. The second-order valence-corrected chi connectivity index (χ2v) is 12.1. The van der Waals surface area contributed by atoms with Gasteiger partial charge in [0.2, 0.25) is 15.9 Å². The van der Waals surface area contributed by atoms with Gasteiger partial charge < -0.3 is 31.5 Å². The molecule has 3 rings (SSSR count). The standard InChI is InChI=1S/C26H40N6O7S.ClH/c1-17-14-19-4-2-6-21(24(19)30-16-17)40(37,38)31-20(5-3-10-29-26(27)28)25(36)32-11-7-18(8-12-32)9-13-39-23(35)15-22(33)34;/h2,4,6,17-18,20,30-31H,3,5,7-16H2,1H3,(H,33,34)(H4,27,28,29);1H/t17?,20-;/m0./s1. The number of nitrogens with one attached hydrogen (secondary N) is 2. The smallest absolute Gasteiger partial charge is 0.317 e. The van der Waals surface area contributed by atoms with Crippen LogP contribution in [-0.2, 0) is 35.6 Å². The Bertz CT molecular complexity index is 1200. The predicted octanol–water partition coefficient (Wildman–Crippen LogP) is 1.06. The lowest BCUT2D eigenvalue weighted by atomic mass is 9.93. The van der Waals surface area contributed by atoms with Crippen LogP contribution in [0.5, 0.6) is 0 Å². The number of hydrogen-bond acceptors (Lipinski definition) is 8. The van der Waals surface area contributed by atoms with Gasteiger partial charge in [-0.25, -0.2) is 8.42 Å². The van der Waals surface area contributed by atoms with Crippen LogP contribution in [0.15, 0.2) is 28.1 Å². The Kier molecular flexibility index (Phi) is 13.1. The van der Waals surface area contributed by atoms with E-state index in [-0.39, 0.29) is 54.7 Å². The van der Waals surface area contributed by atoms with Crippen molar-refractivity contribution in [3.63, 3.8) is 0 Å². The summed E-state index contributed by atoms with van der Waals surface area (Å²) in [7, 11) is -4.03. The summed E-state index contributed by atoms with van der Waals surface area (Å²) >= 11 is 0. The zero-order valence-electron chi connectivity index (χ0n) is 23.2. The van der Waals surface area contributed by atoms with Crippen LogP contribution in [0.3, 0.4) is 0 Å². The molecule has 0 radical (unpaired) electrons. The Hall–Kier alpha value is -3.10. The highest BCUT2D eigenvalue weighted by atomic mass is 35.5. The number of aliphatic imine (C=N–C) groups is 1. The fourth-order valence-electron chi connectivity index (χ4n) is 5.06. The van der Waals surface area contributed by atoms with Gasteiger partial charge >= 0.3 is 11.9 Å². The van der Waals surface area contributed by atoms with E-state index in [2.05, 4.69) is 22.0 Å². The van der Waals surface area contributed by atoms with E-state index in [9.17, 15) is 22.8 Å². The van der Waals surface area contributed by atoms with Crippen LogP contribution in [0.25, 0.3) is 0 Å². The molecular weight excluding hydrogens is 576 g/mol. The van der Waals surface area contributed by atoms with E-state index in [4.69, 9.17) is 21.3 Å². The van der Waals surface area contributed by atoms with Gasteiger partial charge in [-0.1, -0.05) is 19.1 Å². The minimum Gasteiger partial charge on any atom is -0.481 e. The number of sulfonamides is 1. The van der Waals surface area contributed by atoms with Crippen LogP contribution in [0.1, 0.15) is 51.0 Å². The number of amides is 1. The maximum Gasteiger partial charge on any atom is 0.317 e. The van der Waals surface area contributed by atoms with E-state index in [0.29, 0.717) is 56.9 Å². The molecule has 1 fully saturated rings. The molecule has 1 amide bonds. The van der Waals surface area contributed by atoms with Crippen molar-refractivity contribution in [2.24, 2.45) is 28.3 Å². The van der Waals surface area contributed by atoms with Crippen LogP contribution < -0.4 is 21.5 Å². The molecule has 0 aromatic heterocycles. The van der Waals surface area contributed by atoms with E-state index in [0.717, 1.165) is 12.0 Å². The number of nitrogens with two attached hydrogens (primary N) is 2. The maximum absolute atomic E-state index is 13.6. The number of carbonyl (C=O) groups excluding carboxylic acids is 2. The number of halogens is 1. The summed E-state index contributed by atoms with van der Waals surface area (Å²) in [6.45, 7) is 3.99. The number of guanidine groups is 1. The number of fused-ring (bicyclic) bond motifs is 1. The van der Waals surface area contributed by atoms with Crippen molar-refractivity contribution in [2.45, 2.75) is 62.8 Å². The Morgan fingerprint density at radius 3 is 2.61 bits per heavy atom.